The second kappa shape index (κ2) is 11.6. The predicted octanol–water partition coefficient (Wildman–Crippen LogP) is 7.02. The molecule has 1 fully saturated rings. The number of benzene rings is 2. The molecule has 0 N–H and O–H groups in total. The van der Waals surface area contributed by atoms with E-state index in [1.165, 1.54) is 5.56 Å². The second-order valence-corrected chi connectivity index (χ2v) is 10.9. The van der Waals surface area contributed by atoms with Gasteiger partial charge in [0.25, 0.3) is 0 Å². The van der Waals surface area contributed by atoms with Crippen molar-refractivity contribution in [2.45, 2.75) is 64.7 Å². The normalized spacial score (nSPS) is 17.4. The Labute approximate surface area is 224 Å². The van der Waals surface area contributed by atoms with Gasteiger partial charge in [-0.1, -0.05) is 72.8 Å². The van der Waals surface area contributed by atoms with Crippen LogP contribution in [0.1, 0.15) is 62.6 Å². The zero-order chi connectivity index (χ0) is 25.8. The van der Waals surface area contributed by atoms with Crippen LogP contribution >= 0.6 is 11.6 Å². The van der Waals surface area contributed by atoms with Gasteiger partial charge in [-0.05, 0) is 44.7 Å². The summed E-state index contributed by atoms with van der Waals surface area (Å²) in [5, 5.41) is 0.706. The molecule has 1 aromatic heterocycles. The third-order valence-electron chi connectivity index (χ3n) is 7.56. The van der Waals surface area contributed by atoms with E-state index in [9.17, 15) is 9.59 Å². The van der Waals surface area contributed by atoms with Gasteiger partial charge in [-0.3, -0.25) is 9.59 Å². The molecule has 0 spiro atoms. The third-order valence-corrected chi connectivity index (χ3v) is 7.81. The highest BCUT2D eigenvalue weighted by Crippen LogP contribution is 2.35. The van der Waals surface area contributed by atoms with Crippen molar-refractivity contribution >= 4 is 29.0 Å². The zero-order valence-corrected chi connectivity index (χ0v) is 22.3. The van der Waals surface area contributed by atoms with Crippen LogP contribution in [0.15, 0.2) is 48.5 Å². The molecule has 1 aliphatic carbocycles. The molecule has 2 heterocycles. The van der Waals surface area contributed by atoms with Crippen LogP contribution in [0.4, 0.5) is 5.82 Å². The van der Waals surface area contributed by atoms with Gasteiger partial charge in [-0.15, -0.1) is 0 Å². The monoisotopic (exact) mass is 515 g/mol. The zero-order valence-electron chi connectivity index (χ0n) is 21.5. The first kappa shape index (κ1) is 25.6. The molecule has 0 amide bonds. The summed E-state index contributed by atoms with van der Waals surface area (Å²) < 4.78 is 0. The number of halogens is 1. The lowest BCUT2D eigenvalue weighted by Crippen LogP contribution is -2.32. The molecule has 1 aliphatic heterocycles. The summed E-state index contributed by atoms with van der Waals surface area (Å²) in [6.45, 7) is 4.03. The maximum atomic E-state index is 11.9. The molecule has 0 bridgehead atoms. The molecule has 5 rings (SSSR count). The van der Waals surface area contributed by atoms with Crippen molar-refractivity contribution in [1.82, 2.24) is 9.97 Å². The Bertz CT molecular complexity index is 1270. The van der Waals surface area contributed by atoms with E-state index in [0.717, 1.165) is 92.1 Å². The van der Waals surface area contributed by atoms with Crippen LogP contribution in [-0.4, -0.2) is 34.6 Å². The Morgan fingerprint density at radius 1 is 0.892 bits per heavy atom. The number of aromatic nitrogens is 2. The van der Waals surface area contributed by atoms with Gasteiger partial charge in [0, 0.05) is 41.6 Å². The summed E-state index contributed by atoms with van der Waals surface area (Å²) >= 11 is 6.18. The standard InChI is InChI=1S/C31H34ClN3O2/c1-21-9-11-22(12-10-21)29-30(23-13-15-25(32)16-14-23)34-31-27(33-29)8-6-18-35(31)17-5-3-2-4-7-24-19-26(36)20-28(24)37/h9-16,24H,2-8,17-20H2,1H3. The average molecular weight is 516 g/mol. The highest BCUT2D eigenvalue weighted by Gasteiger charge is 2.30. The fourth-order valence-electron chi connectivity index (χ4n) is 5.47. The molecule has 2 aromatic carbocycles. The number of carbonyl (C=O) groups is 2. The van der Waals surface area contributed by atoms with E-state index >= 15 is 0 Å². The molecular weight excluding hydrogens is 482 g/mol. The number of Topliss-reactive ketones (excluding diaryl/α,β-unsaturated/α-hetero) is 2. The first-order chi connectivity index (χ1) is 18.0. The summed E-state index contributed by atoms with van der Waals surface area (Å²) in [5.74, 6) is 1.24. The molecule has 37 heavy (non-hydrogen) atoms. The van der Waals surface area contributed by atoms with Crippen molar-refractivity contribution in [3.63, 3.8) is 0 Å². The van der Waals surface area contributed by atoms with Crippen molar-refractivity contribution in [3.8, 4) is 22.5 Å². The lowest BCUT2D eigenvalue weighted by Gasteiger charge is -2.30. The average Bonchev–Trinajstić information content (AvgIpc) is 3.22. The summed E-state index contributed by atoms with van der Waals surface area (Å²) in [5.41, 5.74) is 6.19. The van der Waals surface area contributed by atoms with Gasteiger partial charge >= 0.3 is 0 Å². The summed E-state index contributed by atoms with van der Waals surface area (Å²) in [6.07, 6.45) is 7.78. The number of carbonyl (C=O) groups excluding carboxylic acids is 2. The Hall–Kier alpha value is -3.05. The first-order valence-electron chi connectivity index (χ1n) is 13.5. The number of fused-ring (bicyclic) bond motifs is 1. The molecule has 0 saturated heterocycles. The minimum absolute atomic E-state index is 0.0224. The van der Waals surface area contributed by atoms with Gasteiger partial charge in [0.2, 0.25) is 0 Å². The number of ketones is 2. The smallest absolute Gasteiger partial charge is 0.151 e. The number of aryl methyl sites for hydroxylation is 2. The van der Waals surface area contributed by atoms with Crippen molar-refractivity contribution in [2.24, 2.45) is 5.92 Å². The van der Waals surface area contributed by atoms with E-state index in [-0.39, 0.29) is 23.9 Å². The van der Waals surface area contributed by atoms with Gasteiger partial charge < -0.3 is 4.90 Å². The Kier molecular flexibility index (Phi) is 7.99. The Morgan fingerprint density at radius 3 is 2.27 bits per heavy atom. The Morgan fingerprint density at radius 2 is 1.57 bits per heavy atom. The molecule has 1 saturated carbocycles. The first-order valence-corrected chi connectivity index (χ1v) is 13.9. The molecule has 2 aliphatic rings. The summed E-state index contributed by atoms with van der Waals surface area (Å²) in [7, 11) is 0. The largest absolute Gasteiger partial charge is 0.355 e. The van der Waals surface area contributed by atoms with Crippen LogP contribution < -0.4 is 4.90 Å². The fraction of sp³-hybridized carbons (Fsp3) is 0.419. The van der Waals surface area contributed by atoms with E-state index in [4.69, 9.17) is 21.6 Å². The van der Waals surface area contributed by atoms with Gasteiger partial charge in [-0.25, -0.2) is 9.97 Å². The van der Waals surface area contributed by atoms with E-state index < -0.39 is 0 Å². The maximum Gasteiger partial charge on any atom is 0.151 e. The van der Waals surface area contributed by atoms with Crippen molar-refractivity contribution in [1.29, 1.82) is 0 Å². The predicted molar refractivity (Wildman–Crippen MR) is 149 cm³/mol. The van der Waals surface area contributed by atoms with Crippen LogP contribution in [0.3, 0.4) is 0 Å². The number of unbranched alkanes of at least 4 members (excludes halogenated alkanes) is 3. The molecule has 5 nitrogen and oxygen atoms in total. The molecule has 192 valence electrons. The van der Waals surface area contributed by atoms with Gasteiger partial charge in [0.1, 0.15) is 11.6 Å². The number of rotatable bonds is 9. The van der Waals surface area contributed by atoms with E-state index in [0.29, 0.717) is 11.4 Å². The molecule has 6 heteroatoms. The molecule has 1 unspecified atom stereocenters. The van der Waals surface area contributed by atoms with Crippen molar-refractivity contribution in [3.05, 3.63) is 64.8 Å². The van der Waals surface area contributed by atoms with E-state index in [2.05, 4.69) is 36.1 Å². The van der Waals surface area contributed by atoms with Crippen LogP contribution in [-0.2, 0) is 16.0 Å². The van der Waals surface area contributed by atoms with Gasteiger partial charge in [0.15, 0.2) is 5.82 Å². The van der Waals surface area contributed by atoms with Crippen LogP contribution in [0.25, 0.3) is 22.5 Å². The third kappa shape index (κ3) is 6.10. The molecular formula is C31H34ClN3O2. The fourth-order valence-corrected chi connectivity index (χ4v) is 5.60. The van der Waals surface area contributed by atoms with Gasteiger partial charge in [0.05, 0.1) is 23.5 Å². The van der Waals surface area contributed by atoms with Crippen LogP contribution in [0.5, 0.6) is 0 Å². The van der Waals surface area contributed by atoms with Crippen LogP contribution in [0, 0.1) is 12.8 Å². The number of hydrogen-bond donors (Lipinski definition) is 0. The van der Waals surface area contributed by atoms with Gasteiger partial charge in [-0.2, -0.15) is 0 Å². The lowest BCUT2D eigenvalue weighted by atomic mass is 9.98. The minimum atomic E-state index is -0.0224. The lowest BCUT2D eigenvalue weighted by molar-refractivity contribution is -0.122. The number of nitrogens with zero attached hydrogens (tertiary/aromatic N) is 3. The maximum absolute atomic E-state index is 11.9. The topological polar surface area (TPSA) is 63.2 Å². The number of anilines is 1. The van der Waals surface area contributed by atoms with E-state index in [1.54, 1.807) is 0 Å². The second-order valence-electron chi connectivity index (χ2n) is 10.4. The van der Waals surface area contributed by atoms with Crippen LogP contribution in [0.2, 0.25) is 5.02 Å². The van der Waals surface area contributed by atoms with E-state index in [1.807, 2.05) is 24.3 Å². The highest BCUT2D eigenvalue weighted by atomic mass is 35.5. The quantitative estimate of drug-likeness (QED) is 0.226. The summed E-state index contributed by atoms with van der Waals surface area (Å²) in [4.78, 5) is 36.1. The van der Waals surface area contributed by atoms with Crippen molar-refractivity contribution < 1.29 is 9.59 Å². The molecule has 1 atom stereocenters. The minimum Gasteiger partial charge on any atom is -0.355 e. The molecule has 3 aromatic rings. The number of hydrogen-bond acceptors (Lipinski definition) is 5. The SMILES string of the molecule is Cc1ccc(-c2nc3c(nc2-c2ccc(Cl)cc2)N(CCCCCCC2CC(=O)CC2=O)CCC3)cc1. The van der Waals surface area contributed by atoms with Crippen molar-refractivity contribution in [2.75, 3.05) is 18.0 Å². The molecule has 0 radical (unpaired) electrons. The summed E-state index contributed by atoms with van der Waals surface area (Å²) in [6, 6.07) is 16.3. The Balaban J connectivity index is 1.30. The highest BCUT2D eigenvalue weighted by molar-refractivity contribution is 6.30.